The van der Waals surface area contributed by atoms with Gasteiger partial charge in [0.2, 0.25) is 0 Å². The minimum Gasteiger partial charge on any atom is -0.308 e. The molecule has 3 nitrogen and oxygen atoms in total. The molecule has 3 atom stereocenters. The highest BCUT2D eigenvalue weighted by Crippen LogP contribution is 2.63. The fourth-order valence-corrected chi connectivity index (χ4v) is 5.40. The molecule has 2 rings (SSSR count). The Balaban J connectivity index is 2.35. The van der Waals surface area contributed by atoms with Crippen LogP contribution in [0.2, 0.25) is 0 Å². The van der Waals surface area contributed by atoms with Gasteiger partial charge in [0.15, 0.2) is 0 Å². The minimum atomic E-state index is -2.66. The Kier molecular flexibility index (Phi) is 3.96. The van der Waals surface area contributed by atoms with Crippen LogP contribution in [0, 0.1) is 0 Å². The maximum absolute atomic E-state index is 12.9. The SMILES string of the molecule is CC[P@]1(=O)O[C@H](c2ccccc2)[C@@H](C)N1C(C)C. The zero-order valence-electron chi connectivity index (χ0n) is 11.5. The van der Waals surface area contributed by atoms with Gasteiger partial charge >= 0.3 is 0 Å². The second-order valence-electron chi connectivity index (χ2n) is 5.10. The van der Waals surface area contributed by atoms with E-state index in [4.69, 9.17) is 4.52 Å². The van der Waals surface area contributed by atoms with Crippen LogP contribution in [0.15, 0.2) is 30.3 Å². The van der Waals surface area contributed by atoms with Crippen molar-refractivity contribution in [3.05, 3.63) is 35.9 Å². The maximum atomic E-state index is 12.9. The van der Waals surface area contributed by atoms with Crippen molar-refractivity contribution >= 4 is 7.52 Å². The van der Waals surface area contributed by atoms with Crippen LogP contribution in [-0.2, 0) is 9.09 Å². The number of nitrogens with zero attached hydrogens (tertiary/aromatic N) is 1. The van der Waals surface area contributed by atoms with Crippen molar-refractivity contribution in [2.75, 3.05) is 6.16 Å². The second-order valence-corrected chi connectivity index (χ2v) is 7.68. The molecule has 0 aromatic heterocycles. The van der Waals surface area contributed by atoms with Crippen molar-refractivity contribution in [3.8, 4) is 0 Å². The zero-order chi connectivity index (χ0) is 13.3. The Morgan fingerprint density at radius 3 is 2.39 bits per heavy atom. The van der Waals surface area contributed by atoms with Gasteiger partial charge in [-0.15, -0.1) is 0 Å². The fraction of sp³-hybridized carbons (Fsp3) is 0.571. The van der Waals surface area contributed by atoms with Gasteiger partial charge in [0, 0.05) is 18.2 Å². The van der Waals surface area contributed by atoms with Gasteiger partial charge < -0.3 is 4.52 Å². The summed E-state index contributed by atoms with van der Waals surface area (Å²) in [7, 11) is -2.66. The number of hydrogen-bond acceptors (Lipinski definition) is 2. The van der Waals surface area contributed by atoms with Crippen LogP contribution >= 0.6 is 7.52 Å². The van der Waals surface area contributed by atoms with Gasteiger partial charge in [0.25, 0.3) is 7.52 Å². The normalized spacial score (nSPS) is 33.2. The molecule has 0 radical (unpaired) electrons. The molecule has 0 N–H and O–H groups in total. The fourth-order valence-electron chi connectivity index (χ4n) is 2.78. The lowest BCUT2D eigenvalue weighted by atomic mass is 10.0. The van der Waals surface area contributed by atoms with E-state index in [1.54, 1.807) is 0 Å². The van der Waals surface area contributed by atoms with Crippen molar-refractivity contribution < 1.29 is 9.09 Å². The molecule has 0 amide bonds. The van der Waals surface area contributed by atoms with E-state index >= 15 is 0 Å². The summed E-state index contributed by atoms with van der Waals surface area (Å²) in [6.45, 7) is 8.20. The third kappa shape index (κ3) is 2.27. The molecule has 1 aromatic carbocycles. The van der Waals surface area contributed by atoms with Crippen LogP contribution < -0.4 is 0 Å². The predicted molar refractivity (Wildman–Crippen MR) is 74.9 cm³/mol. The van der Waals surface area contributed by atoms with Crippen molar-refractivity contribution in [1.29, 1.82) is 0 Å². The topological polar surface area (TPSA) is 29.5 Å². The molecular formula is C14H22NO2P. The molecule has 0 spiro atoms. The van der Waals surface area contributed by atoms with Crippen molar-refractivity contribution in [3.63, 3.8) is 0 Å². The summed E-state index contributed by atoms with van der Waals surface area (Å²) >= 11 is 0. The Morgan fingerprint density at radius 2 is 1.94 bits per heavy atom. The molecule has 1 heterocycles. The van der Waals surface area contributed by atoms with Gasteiger partial charge in [-0.1, -0.05) is 37.3 Å². The lowest BCUT2D eigenvalue weighted by Gasteiger charge is -2.28. The first-order valence-electron chi connectivity index (χ1n) is 6.61. The standard InChI is InChI=1S/C14H22NO2P/c1-5-18(16)15(11(2)3)12(4)14(17-18)13-9-7-6-8-10-13/h6-12,14H,5H2,1-4H3/t12-,14+,18+/m1/s1. The van der Waals surface area contributed by atoms with Crippen LogP contribution in [0.1, 0.15) is 39.4 Å². The summed E-state index contributed by atoms with van der Waals surface area (Å²) in [5, 5.41) is 0. The monoisotopic (exact) mass is 267 g/mol. The Morgan fingerprint density at radius 1 is 1.33 bits per heavy atom. The molecule has 1 fully saturated rings. The van der Waals surface area contributed by atoms with E-state index in [-0.39, 0.29) is 18.2 Å². The molecule has 0 bridgehead atoms. The van der Waals surface area contributed by atoms with Crippen LogP contribution in [0.4, 0.5) is 0 Å². The quantitative estimate of drug-likeness (QED) is 0.773. The van der Waals surface area contributed by atoms with E-state index in [0.29, 0.717) is 6.16 Å². The number of hydrogen-bond donors (Lipinski definition) is 0. The van der Waals surface area contributed by atoms with Gasteiger partial charge in [-0.2, -0.15) is 0 Å². The third-order valence-electron chi connectivity index (χ3n) is 3.54. The van der Waals surface area contributed by atoms with Gasteiger partial charge in [-0.3, -0.25) is 4.57 Å². The molecule has 0 saturated carbocycles. The first-order chi connectivity index (χ1) is 8.49. The first kappa shape index (κ1) is 13.8. The van der Waals surface area contributed by atoms with Gasteiger partial charge in [0.05, 0.1) is 0 Å². The van der Waals surface area contributed by atoms with E-state index in [1.165, 1.54) is 0 Å². The molecule has 100 valence electrons. The number of benzene rings is 1. The summed E-state index contributed by atoms with van der Waals surface area (Å²) in [6.07, 6.45) is 0.484. The van der Waals surface area contributed by atoms with E-state index in [1.807, 2.05) is 37.3 Å². The molecule has 1 aliphatic rings. The lowest BCUT2D eigenvalue weighted by molar-refractivity contribution is 0.197. The maximum Gasteiger partial charge on any atom is 0.273 e. The summed E-state index contributed by atoms with van der Waals surface area (Å²) in [5.41, 5.74) is 1.11. The predicted octanol–water partition coefficient (Wildman–Crippen LogP) is 4.07. The smallest absolute Gasteiger partial charge is 0.273 e. The Bertz CT molecular complexity index is 446. The summed E-state index contributed by atoms with van der Waals surface area (Å²) < 4.78 is 20.9. The first-order valence-corrected chi connectivity index (χ1v) is 8.37. The zero-order valence-corrected chi connectivity index (χ0v) is 12.4. The molecule has 1 saturated heterocycles. The Labute approximate surface area is 110 Å². The lowest BCUT2D eigenvalue weighted by Crippen LogP contribution is -2.33. The highest BCUT2D eigenvalue weighted by molar-refractivity contribution is 7.56. The van der Waals surface area contributed by atoms with Crippen LogP contribution in [0.25, 0.3) is 0 Å². The van der Waals surface area contributed by atoms with Crippen LogP contribution in [0.5, 0.6) is 0 Å². The molecule has 1 aromatic rings. The van der Waals surface area contributed by atoms with Gasteiger partial charge in [-0.05, 0) is 26.3 Å². The van der Waals surface area contributed by atoms with E-state index in [9.17, 15) is 4.57 Å². The van der Waals surface area contributed by atoms with Crippen LogP contribution in [0.3, 0.4) is 0 Å². The molecule has 0 unspecified atom stereocenters. The van der Waals surface area contributed by atoms with Gasteiger partial charge in [0.1, 0.15) is 6.10 Å². The Hall–Kier alpha value is -0.630. The highest BCUT2D eigenvalue weighted by atomic mass is 31.2. The number of rotatable bonds is 3. The highest BCUT2D eigenvalue weighted by Gasteiger charge is 2.48. The van der Waals surface area contributed by atoms with E-state index in [0.717, 1.165) is 5.56 Å². The van der Waals surface area contributed by atoms with Crippen LogP contribution in [-0.4, -0.2) is 22.9 Å². The summed E-state index contributed by atoms with van der Waals surface area (Å²) in [5.74, 6) is 0. The minimum absolute atomic E-state index is 0.0839. The van der Waals surface area contributed by atoms with Crippen molar-refractivity contribution in [2.45, 2.75) is 45.9 Å². The molecule has 18 heavy (non-hydrogen) atoms. The van der Waals surface area contributed by atoms with E-state index in [2.05, 4.69) is 25.4 Å². The van der Waals surface area contributed by atoms with E-state index < -0.39 is 7.52 Å². The summed E-state index contributed by atoms with van der Waals surface area (Å²) in [4.78, 5) is 0. The van der Waals surface area contributed by atoms with Crippen molar-refractivity contribution in [1.82, 2.24) is 4.67 Å². The third-order valence-corrected chi connectivity index (χ3v) is 6.43. The van der Waals surface area contributed by atoms with Gasteiger partial charge in [-0.25, -0.2) is 4.67 Å². The molecule has 0 aliphatic carbocycles. The molecule has 4 heteroatoms. The van der Waals surface area contributed by atoms with Crippen molar-refractivity contribution in [2.24, 2.45) is 0 Å². The molecule has 1 aliphatic heterocycles. The average Bonchev–Trinajstić information content (AvgIpc) is 2.63. The average molecular weight is 267 g/mol. The largest absolute Gasteiger partial charge is 0.308 e. The second kappa shape index (κ2) is 5.16. The summed E-state index contributed by atoms with van der Waals surface area (Å²) in [6, 6.07) is 10.5. The molecular weight excluding hydrogens is 245 g/mol.